The summed E-state index contributed by atoms with van der Waals surface area (Å²) in [5.41, 5.74) is -0.0746. The van der Waals surface area contributed by atoms with Crippen LogP contribution in [0.5, 0.6) is 0 Å². The van der Waals surface area contributed by atoms with Gasteiger partial charge in [-0.1, -0.05) is 29.8 Å². The number of ether oxygens (including phenoxy) is 1. The lowest BCUT2D eigenvalue weighted by Gasteiger charge is -2.07. The minimum Gasteiger partial charge on any atom is -0.452 e. The number of amides is 1. The minimum absolute atomic E-state index is 0.0664. The van der Waals surface area contributed by atoms with Crippen LogP contribution >= 0.6 is 11.6 Å². The van der Waals surface area contributed by atoms with E-state index in [4.69, 9.17) is 16.3 Å². The standard InChI is InChI=1S/C15H11ClN2O5/c16-11-6-7-13(18(21)22)12(8-11)17-14(19)9-23-15(20)10-4-2-1-3-5-10/h1-8H,9H2,(H,17,19). The smallest absolute Gasteiger partial charge is 0.338 e. The molecule has 1 amide bonds. The second-order valence-electron chi connectivity index (χ2n) is 4.41. The van der Waals surface area contributed by atoms with Crippen LogP contribution in [-0.4, -0.2) is 23.4 Å². The van der Waals surface area contributed by atoms with E-state index < -0.39 is 23.4 Å². The Balaban J connectivity index is 1.99. The van der Waals surface area contributed by atoms with Gasteiger partial charge in [0.05, 0.1) is 10.5 Å². The van der Waals surface area contributed by atoms with Crippen molar-refractivity contribution in [3.63, 3.8) is 0 Å². The summed E-state index contributed by atoms with van der Waals surface area (Å²) in [6.45, 7) is -0.572. The quantitative estimate of drug-likeness (QED) is 0.514. The normalized spacial score (nSPS) is 9.96. The van der Waals surface area contributed by atoms with E-state index in [-0.39, 0.29) is 16.4 Å². The van der Waals surface area contributed by atoms with Crippen LogP contribution in [0.25, 0.3) is 0 Å². The fourth-order valence-corrected chi connectivity index (χ4v) is 1.91. The van der Waals surface area contributed by atoms with Crippen LogP contribution < -0.4 is 5.32 Å². The highest BCUT2D eigenvalue weighted by Crippen LogP contribution is 2.27. The summed E-state index contributed by atoms with van der Waals surface area (Å²) >= 11 is 5.75. The Kier molecular flexibility index (Phi) is 5.27. The SMILES string of the molecule is O=C(COC(=O)c1ccccc1)Nc1cc(Cl)ccc1[N+](=O)[O-]. The third-order valence-corrected chi connectivity index (χ3v) is 3.01. The predicted molar refractivity (Wildman–Crippen MR) is 83.5 cm³/mol. The highest BCUT2D eigenvalue weighted by molar-refractivity contribution is 6.31. The third kappa shape index (κ3) is 4.52. The minimum atomic E-state index is -0.709. The molecule has 7 nitrogen and oxygen atoms in total. The van der Waals surface area contributed by atoms with Crippen LogP contribution in [0, 0.1) is 10.1 Å². The summed E-state index contributed by atoms with van der Waals surface area (Å²) in [5, 5.41) is 13.4. The van der Waals surface area contributed by atoms with E-state index in [1.54, 1.807) is 30.3 Å². The first kappa shape index (κ1) is 16.4. The van der Waals surface area contributed by atoms with Gasteiger partial charge >= 0.3 is 5.97 Å². The summed E-state index contributed by atoms with van der Waals surface area (Å²) in [5.74, 6) is -1.37. The van der Waals surface area contributed by atoms with Crippen molar-refractivity contribution in [1.82, 2.24) is 0 Å². The van der Waals surface area contributed by atoms with Crippen molar-refractivity contribution in [3.8, 4) is 0 Å². The number of esters is 1. The summed E-state index contributed by atoms with van der Waals surface area (Å²) in [6.07, 6.45) is 0. The lowest BCUT2D eigenvalue weighted by Crippen LogP contribution is -2.21. The Bertz CT molecular complexity index is 749. The van der Waals surface area contributed by atoms with Crippen LogP contribution in [0.3, 0.4) is 0 Å². The van der Waals surface area contributed by atoms with Crippen molar-refractivity contribution >= 4 is 34.9 Å². The number of anilines is 1. The number of carbonyl (C=O) groups excluding carboxylic acids is 2. The summed E-state index contributed by atoms with van der Waals surface area (Å²) in [7, 11) is 0. The molecule has 0 fully saturated rings. The molecule has 2 aromatic rings. The van der Waals surface area contributed by atoms with Gasteiger partial charge in [-0.3, -0.25) is 14.9 Å². The third-order valence-electron chi connectivity index (χ3n) is 2.77. The zero-order valence-electron chi connectivity index (χ0n) is 11.7. The molecule has 0 spiro atoms. The first-order chi connectivity index (χ1) is 11.0. The molecule has 0 aliphatic rings. The highest BCUT2D eigenvalue weighted by Gasteiger charge is 2.17. The molecule has 0 heterocycles. The van der Waals surface area contributed by atoms with E-state index in [0.717, 1.165) is 0 Å². The molecule has 1 N–H and O–H groups in total. The molecule has 0 saturated carbocycles. The van der Waals surface area contributed by atoms with E-state index in [1.807, 2.05) is 0 Å². The number of nitrogens with one attached hydrogen (secondary N) is 1. The monoisotopic (exact) mass is 334 g/mol. The Morgan fingerprint density at radius 1 is 1.17 bits per heavy atom. The largest absolute Gasteiger partial charge is 0.452 e. The molecular formula is C15H11ClN2O5. The van der Waals surface area contributed by atoms with Crippen LogP contribution in [0.2, 0.25) is 5.02 Å². The van der Waals surface area contributed by atoms with Gasteiger partial charge in [-0.25, -0.2) is 4.79 Å². The lowest BCUT2D eigenvalue weighted by atomic mass is 10.2. The maximum absolute atomic E-state index is 11.8. The maximum atomic E-state index is 11.8. The molecule has 118 valence electrons. The fraction of sp³-hybridized carbons (Fsp3) is 0.0667. The first-order valence-electron chi connectivity index (χ1n) is 6.43. The van der Waals surface area contributed by atoms with Crippen molar-refractivity contribution in [1.29, 1.82) is 0 Å². The second-order valence-corrected chi connectivity index (χ2v) is 4.85. The summed E-state index contributed by atoms with van der Waals surface area (Å²) in [4.78, 5) is 33.7. The Hall–Kier alpha value is -2.93. The fourth-order valence-electron chi connectivity index (χ4n) is 1.74. The molecule has 0 aliphatic carbocycles. The second kappa shape index (κ2) is 7.37. The van der Waals surface area contributed by atoms with Gasteiger partial charge in [-0.15, -0.1) is 0 Å². The van der Waals surface area contributed by atoms with Gasteiger partial charge in [-0.2, -0.15) is 0 Å². The Morgan fingerprint density at radius 3 is 2.52 bits per heavy atom. The Morgan fingerprint density at radius 2 is 1.87 bits per heavy atom. The average Bonchev–Trinajstić information content (AvgIpc) is 2.53. The lowest BCUT2D eigenvalue weighted by molar-refractivity contribution is -0.383. The van der Waals surface area contributed by atoms with Gasteiger partial charge in [0.2, 0.25) is 0 Å². The van der Waals surface area contributed by atoms with E-state index in [2.05, 4.69) is 5.32 Å². The number of hydrogen-bond donors (Lipinski definition) is 1. The number of halogens is 1. The van der Waals surface area contributed by atoms with Gasteiger partial charge in [0, 0.05) is 11.1 Å². The molecule has 0 atom stereocenters. The van der Waals surface area contributed by atoms with Crippen LogP contribution in [-0.2, 0) is 9.53 Å². The van der Waals surface area contributed by atoms with Gasteiger partial charge < -0.3 is 10.1 Å². The van der Waals surface area contributed by atoms with Crippen molar-refractivity contribution in [3.05, 3.63) is 69.2 Å². The van der Waals surface area contributed by atoms with Crippen LogP contribution in [0.1, 0.15) is 10.4 Å². The van der Waals surface area contributed by atoms with E-state index in [0.29, 0.717) is 5.56 Å². The van der Waals surface area contributed by atoms with Gasteiger partial charge in [0.15, 0.2) is 6.61 Å². The molecule has 0 bridgehead atoms. The van der Waals surface area contributed by atoms with E-state index >= 15 is 0 Å². The molecule has 8 heteroatoms. The highest BCUT2D eigenvalue weighted by atomic mass is 35.5. The molecule has 0 saturated heterocycles. The molecule has 2 aromatic carbocycles. The van der Waals surface area contributed by atoms with Gasteiger partial charge in [-0.05, 0) is 24.3 Å². The topological polar surface area (TPSA) is 98.5 Å². The van der Waals surface area contributed by atoms with Crippen molar-refractivity contribution in [2.45, 2.75) is 0 Å². The molecule has 0 aromatic heterocycles. The maximum Gasteiger partial charge on any atom is 0.338 e. The van der Waals surface area contributed by atoms with E-state index in [1.165, 1.54) is 18.2 Å². The summed E-state index contributed by atoms with van der Waals surface area (Å²) < 4.78 is 4.84. The van der Waals surface area contributed by atoms with Crippen molar-refractivity contribution < 1.29 is 19.2 Å². The van der Waals surface area contributed by atoms with Gasteiger partial charge in [0.1, 0.15) is 5.69 Å². The van der Waals surface area contributed by atoms with Gasteiger partial charge in [0.25, 0.3) is 11.6 Å². The van der Waals surface area contributed by atoms with Crippen molar-refractivity contribution in [2.24, 2.45) is 0 Å². The number of hydrogen-bond acceptors (Lipinski definition) is 5. The molecular weight excluding hydrogens is 324 g/mol. The number of nitro groups is 1. The summed E-state index contributed by atoms with van der Waals surface area (Å²) in [6, 6.07) is 11.9. The number of rotatable bonds is 5. The number of carbonyl (C=O) groups is 2. The van der Waals surface area contributed by atoms with E-state index in [9.17, 15) is 19.7 Å². The molecule has 0 aliphatic heterocycles. The molecule has 23 heavy (non-hydrogen) atoms. The first-order valence-corrected chi connectivity index (χ1v) is 6.81. The Labute approximate surface area is 136 Å². The molecule has 0 radical (unpaired) electrons. The zero-order valence-corrected chi connectivity index (χ0v) is 12.4. The molecule has 0 unspecified atom stereocenters. The number of benzene rings is 2. The van der Waals surface area contributed by atoms with Crippen LogP contribution in [0.15, 0.2) is 48.5 Å². The number of nitrogens with zero attached hydrogens (tertiary/aromatic N) is 1. The predicted octanol–water partition coefficient (Wildman–Crippen LogP) is 3.04. The number of nitro benzene ring substituents is 1. The van der Waals surface area contributed by atoms with Crippen LogP contribution in [0.4, 0.5) is 11.4 Å². The molecule has 2 rings (SSSR count). The zero-order chi connectivity index (χ0) is 16.8. The average molecular weight is 335 g/mol. The van der Waals surface area contributed by atoms with Crippen molar-refractivity contribution in [2.75, 3.05) is 11.9 Å².